The van der Waals surface area contributed by atoms with Crippen LogP contribution in [-0.4, -0.2) is 11.6 Å². The number of anilines is 1. The minimum atomic E-state index is 0.413. The number of benzene rings is 1. The predicted molar refractivity (Wildman–Crippen MR) is 61.8 cm³/mol. The molecule has 1 aromatic carbocycles. The van der Waals surface area contributed by atoms with Crippen molar-refractivity contribution in [2.45, 2.75) is 0 Å². The maximum Gasteiger partial charge on any atom is 0.166 e. The molecule has 0 aliphatic carbocycles. The SMILES string of the molecule is C=CCOc1cc2ccccc2nc1N. The van der Waals surface area contributed by atoms with E-state index in [1.165, 1.54) is 0 Å². The van der Waals surface area contributed by atoms with Crippen molar-refractivity contribution in [3.63, 3.8) is 0 Å². The Balaban J connectivity index is 2.47. The van der Waals surface area contributed by atoms with Crippen LogP contribution in [0.3, 0.4) is 0 Å². The van der Waals surface area contributed by atoms with E-state index in [0.717, 1.165) is 10.9 Å². The summed E-state index contributed by atoms with van der Waals surface area (Å²) in [5.41, 5.74) is 6.63. The van der Waals surface area contributed by atoms with E-state index < -0.39 is 0 Å². The zero-order valence-electron chi connectivity index (χ0n) is 8.31. The first-order valence-corrected chi connectivity index (χ1v) is 4.70. The van der Waals surface area contributed by atoms with Gasteiger partial charge in [0.1, 0.15) is 6.61 Å². The lowest BCUT2D eigenvalue weighted by Gasteiger charge is -2.07. The molecule has 0 spiro atoms. The molecule has 1 heterocycles. The molecule has 0 radical (unpaired) electrons. The van der Waals surface area contributed by atoms with Gasteiger partial charge in [-0.05, 0) is 12.1 Å². The summed E-state index contributed by atoms with van der Waals surface area (Å²) in [6, 6.07) is 9.67. The number of nitrogen functional groups attached to an aromatic ring is 1. The molecule has 2 aromatic rings. The molecule has 2 rings (SSSR count). The molecule has 0 aliphatic rings. The largest absolute Gasteiger partial charge is 0.486 e. The van der Waals surface area contributed by atoms with Gasteiger partial charge in [-0.15, -0.1) is 0 Å². The van der Waals surface area contributed by atoms with Crippen LogP contribution >= 0.6 is 0 Å². The number of nitrogens with zero attached hydrogens (tertiary/aromatic N) is 1. The van der Waals surface area contributed by atoms with Crippen LogP contribution in [0.25, 0.3) is 10.9 Å². The summed E-state index contributed by atoms with van der Waals surface area (Å²) in [4.78, 5) is 4.25. The zero-order valence-corrected chi connectivity index (χ0v) is 8.31. The van der Waals surface area contributed by atoms with Crippen LogP contribution in [0.5, 0.6) is 5.75 Å². The molecule has 1 aromatic heterocycles. The lowest BCUT2D eigenvalue weighted by molar-refractivity contribution is 0.364. The van der Waals surface area contributed by atoms with Gasteiger partial charge in [0.25, 0.3) is 0 Å². The molecule has 0 amide bonds. The first-order chi connectivity index (χ1) is 7.31. The summed E-state index contributed by atoms with van der Waals surface area (Å²) in [6.45, 7) is 4.02. The third-order valence-corrected chi connectivity index (χ3v) is 2.07. The van der Waals surface area contributed by atoms with Gasteiger partial charge >= 0.3 is 0 Å². The Labute approximate surface area is 88.2 Å². The number of pyridine rings is 1. The van der Waals surface area contributed by atoms with Crippen LogP contribution in [-0.2, 0) is 0 Å². The Morgan fingerprint density at radius 2 is 2.20 bits per heavy atom. The van der Waals surface area contributed by atoms with E-state index in [1.54, 1.807) is 6.08 Å². The van der Waals surface area contributed by atoms with E-state index in [0.29, 0.717) is 18.2 Å². The highest BCUT2D eigenvalue weighted by molar-refractivity contribution is 5.82. The van der Waals surface area contributed by atoms with E-state index in [1.807, 2.05) is 30.3 Å². The number of para-hydroxylation sites is 1. The second kappa shape index (κ2) is 4.00. The third kappa shape index (κ3) is 1.91. The van der Waals surface area contributed by atoms with Gasteiger partial charge in [-0.2, -0.15) is 0 Å². The molecule has 2 N–H and O–H groups in total. The van der Waals surface area contributed by atoms with Gasteiger partial charge in [-0.1, -0.05) is 30.9 Å². The molecule has 0 bridgehead atoms. The summed E-state index contributed by atoms with van der Waals surface area (Å²) in [5.74, 6) is 1.02. The van der Waals surface area contributed by atoms with E-state index in [4.69, 9.17) is 10.5 Å². The Bertz CT molecular complexity index is 494. The van der Waals surface area contributed by atoms with Crippen molar-refractivity contribution < 1.29 is 4.74 Å². The number of ether oxygens (including phenoxy) is 1. The summed E-state index contributed by atoms with van der Waals surface area (Å²) in [5, 5.41) is 1.02. The molecule has 0 fully saturated rings. The van der Waals surface area contributed by atoms with Crippen molar-refractivity contribution in [3.05, 3.63) is 43.0 Å². The fourth-order valence-electron chi connectivity index (χ4n) is 1.38. The number of hydrogen-bond donors (Lipinski definition) is 1. The van der Waals surface area contributed by atoms with Gasteiger partial charge in [0.15, 0.2) is 11.6 Å². The highest BCUT2D eigenvalue weighted by Gasteiger charge is 2.03. The Morgan fingerprint density at radius 1 is 1.40 bits per heavy atom. The van der Waals surface area contributed by atoms with E-state index >= 15 is 0 Å². The molecular formula is C12H12N2O. The lowest BCUT2D eigenvalue weighted by Crippen LogP contribution is -1.99. The molecule has 3 heteroatoms. The number of aromatic nitrogens is 1. The maximum absolute atomic E-state index is 5.76. The maximum atomic E-state index is 5.76. The average molecular weight is 200 g/mol. The lowest BCUT2D eigenvalue weighted by atomic mass is 10.2. The minimum absolute atomic E-state index is 0.413. The van der Waals surface area contributed by atoms with Crippen LogP contribution < -0.4 is 10.5 Å². The fraction of sp³-hybridized carbons (Fsp3) is 0.0833. The van der Waals surface area contributed by atoms with E-state index in [2.05, 4.69) is 11.6 Å². The Hall–Kier alpha value is -2.03. The van der Waals surface area contributed by atoms with Crippen molar-refractivity contribution >= 4 is 16.7 Å². The first kappa shape index (κ1) is 9.52. The van der Waals surface area contributed by atoms with E-state index in [9.17, 15) is 0 Å². The number of rotatable bonds is 3. The fourth-order valence-corrected chi connectivity index (χ4v) is 1.38. The molecule has 15 heavy (non-hydrogen) atoms. The summed E-state index contributed by atoms with van der Waals surface area (Å²) in [6.07, 6.45) is 1.68. The summed E-state index contributed by atoms with van der Waals surface area (Å²) < 4.78 is 5.39. The van der Waals surface area contributed by atoms with Crippen molar-refractivity contribution in [1.29, 1.82) is 0 Å². The molecular weight excluding hydrogens is 188 g/mol. The second-order valence-electron chi connectivity index (χ2n) is 3.16. The van der Waals surface area contributed by atoms with Gasteiger partial charge in [-0.3, -0.25) is 0 Å². The summed E-state index contributed by atoms with van der Waals surface area (Å²) >= 11 is 0. The summed E-state index contributed by atoms with van der Waals surface area (Å²) in [7, 11) is 0. The number of fused-ring (bicyclic) bond motifs is 1. The Morgan fingerprint density at radius 3 is 3.00 bits per heavy atom. The molecule has 76 valence electrons. The smallest absolute Gasteiger partial charge is 0.166 e. The molecule has 0 aliphatic heterocycles. The van der Waals surface area contributed by atoms with Gasteiger partial charge in [0, 0.05) is 5.39 Å². The van der Waals surface area contributed by atoms with Gasteiger partial charge in [0.05, 0.1) is 5.52 Å². The van der Waals surface area contributed by atoms with Gasteiger partial charge < -0.3 is 10.5 Å². The average Bonchev–Trinajstić information content (AvgIpc) is 2.26. The Kier molecular flexibility index (Phi) is 2.54. The molecule has 0 saturated carbocycles. The second-order valence-corrected chi connectivity index (χ2v) is 3.16. The van der Waals surface area contributed by atoms with Crippen LogP contribution in [0, 0.1) is 0 Å². The highest BCUT2D eigenvalue weighted by atomic mass is 16.5. The molecule has 0 atom stereocenters. The van der Waals surface area contributed by atoms with Crippen LogP contribution in [0.2, 0.25) is 0 Å². The molecule has 3 nitrogen and oxygen atoms in total. The van der Waals surface area contributed by atoms with Crippen LogP contribution in [0.4, 0.5) is 5.82 Å². The van der Waals surface area contributed by atoms with Gasteiger partial charge in [-0.25, -0.2) is 4.98 Å². The number of hydrogen-bond acceptors (Lipinski definition) is 3. The van der Waals surface area contributed by atoms with Crippen molar-refractivity contribution in [1.82, 2.24) is 4.98 Å². The molecule has 0 unspecified atom stereocenters. The van der Waals surface area contributed by atoms with Crippen molar-refractivity contribution in [2.75, 3.05) is 12.3 Å². The van der Waals surface area contributed by atoms with Crippen LogP contribution in [0.1, 0.15) is 0 Å². The highest BCUT2D eigenvalue weighted by Crippen LogP contribution is 2.24. The minimum Gasteiger partial charge on any atom is -0.486 e. The quantitative estimate of drug-likeness (QED) is 0.774. The van der Waals surface area contributed by atoms with Crippen molar-refractivity contribution in [2.24, 2.45) is 0 Å². The molecule has 0 saturated heterocycles. The zero-order chi connectivity index (χ0) is 10.7. The normalized spacial score (nSPS) is 10.1. The standard InChI is InChI=1S/C12H12N2O/c1-2-7-15-11-8-9-5-3-4-6-10(9)14-12(11)13/h2-6,8H,1,7H2,(H2,13,14). The monoisotopic (exact) mass is 200 g/mol. The van der Waals surface area contributed by atoms with Crippen molar-refractivity contribution in [3.8, 4) is 5.75 Å². The topological polar surface area (TPSA) is 48.1 Å². The number of nitrogens with two attached hydrogens (primary N) is 1. The predicted octanol–water partition coefficient (Wildman–Crippen LogP) is 2.38. The first-order valence-electron chi connectivity index (χ1n) is 4.70. The van der Waals surface area contributed by atoms with Gasteiger partial charge in [0.2, 0.25) is 0 Å². The third-order valence-electron chi connectivity index (χ3n) is 2.07. The van der Waals surface area contributed by atoms with Crippen LogP contribution in [0.15, 0.2) is 43.0 Å². The van der Waals surface area contributed by atoms with E-state index in [-0.39, 0.29) is 0 Å².